The minimum absolute atomic E-state index is 0.0622. The molecular formula is C11H14O3. The van der Waals surface area contributed by atoms with Crippen molar-refractivity contribution in [2.75, 3.05) is 0 Å². The first-order valence-electron chi connectivity index (χ1n) is 4.87. The van der Waals surface area contributed by atoms with Crippen LogP contribution in [0.2, 0.25) is 0 Å². The van der Waals surface area contributed by atoms with Gasteiger partial charge >= 0.3 is 0 Å². The van der Waals surface area contributed by atoms with Crippen molar-refractivity contribution in [2.24, 2.45) is 0 Å². The first-order valence-corrected chi connectivity index (χ1v) is 4.87. The van der Waals surface area contributed by atoms with Crippen LogP contribution in [0, 0.1) is 0 Å². The molecule has 0 heterocycles. The summed E-state index contributed by atoms with van der Waals surface area (Å²) in [6.45, 7) is 0. The van der Waals surface area contributed by atoms with Gasteiger partial charge in [0.15, 0.2) is 0 Å². The highest BCUT2D eigenvalue weighted by molar-refractivity contribution is 5.42. The fraction of sp³-hybridized carbons (Fsp3) is 0.455. The lowest BCUT2D eigenvalue weighted by Gasteiger charge is -2.23. The molecule has 0 radical (unpaired) electrons. The van der Waals surface area contributed by atoms with Crippen LogP contribution >= 0.6 is 0 Å². The van der Waals surface area contributed by atoms with E-state index in [1.165, 1.54) is 18.2 Å². The molecule has 0 unspecified atom stereocenters. The Hall–Kier alpha value is -1.22. The fourth-order valence-corrected chi connectivity index (χ4v) is 2.13. The molecule has 3 heteroatoms. The summed E-state index contributed by atoms with van der Waals surface area (Å²) in [5.41, 5.74) is -0.488. The highest BCUT2D eigenvalue weighted by Crippen LogP contribution is 2.43. The molecule has 0 bridgehead atoms. The van der Waals surface area contributed by atoms with Gasteiger partial charge in [-0.25, -0.2) is 0 Å². The Morgan fingerprint density at radius 1 is 1.07 bits per heavy atom. The smallest absolute Gasteiger partial charge is 0.121 e. The van der Waals surface area contributed by atoms with Gasteiger partial charge in [-0.3, -0.25) is 0 Å². The molecule has 0 amide bonds. The fourth-order valence-electron chi connectivity index (χ4n) is 2.13. The van der Waals surface area contributed by atoms with E-state index in [-0.39, 0.29) is 11.5 Å². The largest absolute Gasteiger partial charge is 0.508 e. The first-order chi connectivity index (χ1) is 6.62. The SMILES string of the molecule is Oc1ccc(O)c(C2(O)CCCC2)c1. The molecule has 0 atom stereocenters. The van der Waals surface area contributed by atoms with Crippen molar-refractivity contribution in [1.82, 2.24) is 0 Å². The van der Waals surface area contributed by atoms with E-state index < -0.39 is 5.60 Å². The van der Waals surface area contributed by atoms with E-state index in [4.69, 9.17) is 0 Å². The van der Waals surface area contributed by atoms with Crippen LogP contribution in [0.4, 0.5) is 0 Å². The van der Waals surface area contributed by atoms with Crippen LogP contribution in [0.1, 0.15) is 31.2 Å². The summed E-state index contributed by atoms with van der Waals surface area (Å²) in [4.78, 5) is 0. The van der Waals surface area contributed by atoms with Crippen LogP contribution in [0.15, 0.2) is 18.2 Å². The van der Waals surface area contributed by atoms with Crippen LogP contribution in [0.3, 0.4) is 0 Å². The van der Waals surface area contributed by atoms with Crippen LogP contribution < -0.4 is 0 Å². The number of rotatable bonds is 1. The molecule has 0 saturated heterocycles. The molecule has 3 N–H and O–H groups in total. The molecule has 0 aliphatic heterocycles. The standard InChI is InChI=1S/C11H14O3/c12-8-3-4-10(13)9(7-8)11(14)5-1-2-6-11/h3-4,7,12-14H,1-2,5-6H2. The van der Waals surface area contributed by atoms with Crippen molar-refractivity contribution < 1.29 is 15.3 Å². The lowest BCUT2D eigenvalue weighted by molar-refractivity contribution is 0.0418. The Labute approximate surface area is 82.6 Å². The molecule has 76 valence electrons. The highest BCUT2D eigenvalue weighted by Gasteiger charge is 2.35. The lowest BCUT2D eigenvalue weighted by Crippen LogP contribution is -2.20. The molecule has 1 aromatic carbocycles. The van der Waals surface area contributed by atoms with Crippen molar-refractivity contribution >= 4 is 0 Å². The second-order valence-corrected chi connectivity index (χ2v) is 3.94. The Bertz CT molecular complexity index is 340. The maximum absolute atomic E-state index is 10.2. The number of phenols is 2. The lowest BCUT2D eigenvalue weighted by atomic mass is 9.91. The van der Waals surface area contributed by atoms with Gasteiger partial charge in [0, 0.05) is 5.56 Å². The van der Waals surface area contributed by atoms with Crippen LogP contribution in [0.25, 0.3) is 0 Å². The maximum Gasteiger partial charge on any atom is 0.121 e. The third-order valence-corrected chi connectivity index (χ3v) is 2.91. The summed E-state index contributed by atoms with van der Waals surface area (Å²) in [5, 5.41) is 29.1. The Balaban J connectivity index is 2.44. The molecule has 1 aromatic rings. The van der Waals surface area contributed by atoms with Crippen molar-refractivity contribution in [3.05, 3.63) is 23.8 Å². The van der Waals surface area contributed by atoms with Crippen LogP contribution in [-0.2, 0) is 5.60 Å². The summed E-state index contributed by atoms with van der Waals surface area (Å²) in [6, 6.07) is 4.28. The predicted molar refractivity (Wildman–Crippen MR) is 52.1 cm³/mol. The van der Waals surface area contributed by atoms with Gasteiger partial charge in [0.2, 0.25) is 0 Å². The second-order valence-electron chi connectivity index (χ2n) is 3.94. The van der Waals surface area contributed by atoms with E-state index in [1.54, 1.807) is 0 Å². The van der Waals surface area contributed by atoms with Crippen molar-refractivity contribution in [3.8, 4) is 11.5 Å². The van der Waals surface area contributed by atoms with E-state index in [0.717, 1.165) is 12.8 Å². The minimum atomic E-state index is -0.942. The summed E-state index contributed by atoms with van der Waals surface area (Å²) >= 11 is 0. The molecule has 1 aliphatic rings. The van der Waals surface area contributed by atoms with Gasteiger partial charge in [0.1, 0.15) is 11.5 Å². The maximum atomic E-state index is 10.2. The molecule has 0 aromatic heterocycles. The number of phenolic OH excluding ortho intramolecular Hbond substituents is 2. The van der Waals surface area contributed by atoms with Gasteiger partial charge in [-0.1, -0.05) is 12.8 Å². The Morgan fingerprint density at radius 2 is 1.71 bits per heavy atom. The number of hydrogen-bond donors (Lipinski definition) is 3. The second kappa shape index (κ2) is 3.17. The van der Waals surface area contributed by atoms with Gasteiger partial charge in [-0.2, -0.15) is 0 Å². The molecule has 3 nitrogen and oxygen atoms in total. The molecule has 1 aliphatic carbocycles. The summed E-state index contributed by atoms with van der Waals surface area (Å²) in [7, 11) is 0. The molecular weight excluding hydrogens is 180 g/mol. The molecule has 1 fully saturated rings. The molecule has 14 heavy (non-hydrogen) atoms. The van der Waals surface area contributed by atoms with E-state index in [2.05, 4.69) is 0 Å². The number of aromatic hydroxyl groups is 2. The average Bonchev–Trinajstić information content (AvgIpc) is 2.58. The van der Waals surface area contributed by atoms with Crippen molar-refractivity contribution in [2.45, 2.75) is 31.3 Å². The van der Waals surface area contributed by atoms with Crippen LogP contribution in [-0.4, -0.2) is 15.3 Å². The molecule has 1 saturated carbocycles. The molecule has 0 spiro atoms. The zero-order valence-electron chi connectivity index (χ0n) is 7.90. The monoisotopic (exact) mass is 194 g/mol. The van der Waals surface area contributed by atoms with E-state index in [9.17, 15) is 15.3 Å². The van der Waals surface area contributed by atoms with Crippen molar-refractivity contribution in [1.29, 1.82) is 0 Å². The normalized spacial score (nSPS) is 19.8. The Kier molecular flexibility index (Phi) is 2.11. The predicted octanol–water partition coefficient (Wildman–Crippen LogP) is 1.86. The van der Waals surface area contributed by atoms with Crippen LogP contribution in [0.5, 0.6) is 11.5 Å². The number of hydrogen-bond acceptors (Lipinski definition) is 3. The van der Waals surface area contributed by atoms with Gasteiger partial charge in [0.25, 0.3) is 0 Å². The van der Waals surface area contributed by atoms with Gasteiger partial charge in [0.05, 0.1) is 5.60 Å². The average molecular weight is 194 g/mol. The minimum Gasteiger partial charge on any atom is -0.508 e. The van der Waals surface area contributed by atoms with Crippen molar-refractivity contribution in [3.63, 3.8) is 0 Å². The van der Waals surface area contributed by atoms with E-state index >= 15 is 0 Å². The Morgan fingerprint density at radius 3 is 2.36 bits per heavy atom. The topological polar surface area (TPSA) is 60.7 Å². The number of aliphatic hydroxyl groups is 1. The summed E-state index contributed by atoms with van der Waals surface area (Å²) < 4.78 is 0. The quantitative estimate of drug-likeness (QED) is 0.598. The number of benzene rings is 1. The summed E-state index contributed by atoms with van der Waals surface area (Å²) in [6.07, 6.45) is 3.24. The highest BCUT2D eigenvalue weighted by atomic mass is 16.3. The van der Waals surface area contributed by atoms with E-state index in [0.29, 0.717) is 18.4 Å². The zero-order chi connectivity index (χ0) is 10.2. The zero-order valence-corrected chi connectivity index (χ0v) is 7.90. The van der Waals surface area contributed by atoms with Gasteiger partial charge in [-0.05, 0) is 31.0 Å². The molecule has 2 rings (SSSR count). The third-order valence-electron chi connectivity index (χ3n) is 2.91. The van der Waals surface area contributed by atoms with Gasteiger partial charge in [-0.15, -0.1) is 0 Å². The third kappa shape index (κ3) is 1.44. The first kappa shape index (κ1) is 9.34. The van der Waals surface area contributed by atoms with Gasteiger partial charge < -0.3 is 15.3 Å². The van der Waals surface area contributed by atoms with E-state index in [1.807, 2.05) is 0 Å². The summed E-state index contributed by atoms with van der Waals surface area (Å²) in [5.74, 6) is 0.144.